The lowest BCUT2D eigenvalue weighted by molar-refractivity contribution is 0.234. The number of piperidine rings is 1. The Kier molecular flexibility index (Phi) is 6.79. The van der Waals surface area contributed by atoms with Gasteiger partial charge in [-0.1, -0.05) is 0 Å². The van der Waals surface area contributed by atoms with Crippen LogP contribution in [-0.4, -0.2) is 32.5 Å². The summed E-state index contributed by atoms with van der Waals surface area (Å²) in [5.74, 6) is 1.47. The lowest BCUT2D eigenvalue weighted by Crippen LogP contribution is -2.32. The number of hydrogen-bond acceptors (Lipinski definition) is 4. The van der Waals surface area contributed by atoms with Gasteiger partial charge in [0.2, 0.25) is 0 Å². The fourth-order valence-electron chi connectivity index (χ4n) is 3.07. The van der Waals surface area contributed by atoms with Crippen molar-refractivity contribution in [1.29, 1.82) is 0 Å². The molecule has 3 rings (SSSR count). The van der Waals surface area contributed by atoms with Crippen molar-refractivity contribution < 1.29 is 14.3 Å². The number of amides is 2. The number of urea groups is 1. The molecule has 2 aromatic rings. The molecule has 144 valence electrons. The largest absolute Gasteiger partial charge is 0.494 e. The third-order valence-corrected chi connectivity index (χ3v) is 4.45. The molecule has 6 nitrogen and oxygen atoms in total. The van der Waals surface area contributed by atoms with Gasteiger partial charge in [0.25, 0.3) is 0 Å². The van der Waals surface area contributed by atoms with Gasteiger partial charge in [-0.05, 0) is 74.7 Å². The van der Waals surface area contributed by atoms with Crippen molar-refractivity contribution >= 4 is 17.4 Å². The molecule has 1 fully saturated rings. The minimum atomic E-state index is -0.299. The average Bonchev–Trinajstić information content (AvgIpc) is 2.71. The number of benzene rings is 2. The lowest BCUT2D eigenvalue weighted by atomic mass is 10.1. The summed E-state index contributed by atoms with van der Waals surface area (Å²) in [6, 6.07) is 15.0. The number of carbonyl (C=O) groups excluding carboxylic acids is 1. The monoisotopic (exact) mass is 369 g/mol. The molecule has 0 spiro atoms. The zero-order valence-corrected chi connectivity index (χ0v) is 15.7. The Morgan fingerprint density at radius 1 is 0.926 bits per heavy atom. The van der Waals surface area contributed by atoms with Crippen molar-refractivity contribution in [1.82, 2.24) is 5.32 Å². The molecule has 0 aromatic heterocycles. The van der Waals surface area contributed by atoms with Crippen LogP contribution in [0.25, 0.3) is 0 Å². The molecule has 1 aliphatic heterocycles. The Morgan fingerprint density at radius 3 is 2.19 bits per heavy atom. The van der Waals surface area contributed by atoms with Crippen molar-refractivity contribution in [2.24, 2.45) is 0 Å². The molecular formula is C21H27N3O3. The second-order valence-corrected chi connectivity index (χ2v) is 6.42. The molecule has 0 saturated carbocycles. The van der Waals surface area contributed by atoms with Gasteiger partial charge < -0.3 is 25.0 Å². The fourth-order valence-corrected chi connectivity index (χ4v) is 3.07. The third-order valence-electron chi connectivity index (χ3n) is 4.45. The van der Waals surface area contributed by atoms with E-state index >= 15 is 0 Å². The number of anilines is 2. The summed E-state index contributed by atoms with van der Waals surface area (Å²) in [6.07, 6.45) is 3.81. The maximum Gasteiger partial charge on any atom is 0.321 e. The van der Waals surface area contributed by atoms with Crippen LogP contribution in [0.5, 0.6) is 11.5 Å². The molecule has 27 heavy (non-hydrogen) atoms. The fraction of sp³-hybridized carbons (Fsp3) is 0.381. The molecule has 0 bridgehead atoms. The Hall–Kier alpha value is -2.89. The molecule has 0 atom stereocenters. The van der Waals surface area contributed by atoms with Gasteiger partial charge in [-0.15, -0.1) is 0 Å². The zero-order valence-electron chi connectivity index (χ0n) is 15.7. The number of carbonyl (C=O) groups is 1. The molecule has 2 N–H and O–H groups in total. The van der Waals surface area contributed by atoms with Gasteiger partial charge in [0, 0.05) is 24.5 Å². The first-order chi connectivity index (χ1) is 13.2. The van der Waals surface area contributed by atoms with Gasteiger partial charge in [0.15, 0.2) is 6.73 Å². The number of hydrogen-bond donors (Lipinski definition) is 2. The van der Waals surface area contributed by atoms with E-state index < -0.39 is 0 Å². The highest BCUT2D eigenvalue weighted by Gasteiger charge is 2.10. The molecule has 2 amide bonds. The highest BCUT2D eigenvalue weighted by Crippen LogP contribution is 2.21. The van der Waals surface area contributed by atoms with Crippen LogP contribution < -0.4 is 25.0 Å². The maximum atomic E-state index is 12.0. The maximum absolute atomic E-state index is 12.0. The Morgan fingerprint density at radius 2 is 1.56 bits per heavy atom. The van der Waals surface area contributed by atoms with Crippen LogP contribution in [0, 0.1) is 0 Å². The van der Waals surface area contributed by atoms with Crippen LogP contribution >= 0.6 is 0 Å². The Balaban J connectivity index is 1.41. The van der Waals surface area contributed by atoms with Crippen LogP contribution in [0.3, 0.4) is 0 Å². The van der Waals surface area contributed by atoms with E-state index in [1.807, 2.05) is 43.3 Å². The Labute approximate surface area is 160 Å². The highest BCUT2D eigenvalue weighted by molar-refractivity contribution is 5.89. The van der Waals surface area contributed by atoms with Gasteiger partial charge in [0.1, 0.15) is 11.5 Å². The van der Waals surface area contributed by atoms with E-state index in [1.54, 1.807) is 0 Å². The van der Waals surface area contributed by atoms with Gasteiger partial charge in [-0.3, -0.25) is 0 Å². The van der Waals surface area contributed by atoms with E-state index in [9.17, 15) is 4.79 Å². The van der Waals surface area contributed by atoms with E-state index in [2.05, 4.69) is 27.7 Å². The van der Waals surface area contributed by atoms with E-state index in [4.69, 9.17) is 9.47 Å². The summed E-state index contributed by atoms with van der Waals surface area (Å²) in [5.41, 5.74) is 1.97. The topological polar surface area (TPSA) is 62.8 Å². The van der Waals surface area contributed by atoms with E-state index in [1.165, 1.54) is 24.9 Å². The van der Waals surface area contributed by atoms with E-state index in [0.717, 1.165) is 24.5 Å². The van der Waals surface area contributed by atoms with Crippen LogP contribution in [0.2, 0.25) is 0 Å². The van der Waals surface area contributed by atoms with Crippen molar-refractivity contribution in [2.75, 3.05) is 36.6 Å². The van der Waals surface area contributed by atoms with Gasteiger partial charge in [-0.2, -0.15) is 0 Å². The van der Waals surface area contributed by atoms with Crippen molar-refractivity contribution in [3.63, 3.8) is 0 Å². The first-order valence-corrected chi connectivity index (χ1v) is 9.50. The molecule has 6 heteroatoms. The standard InChI is InChI=1S/C21H27N3O3/c1-2-26-19-10-12-20(13-11-19)27-16-22-21(25)23-17-6-8-18(9-7-17)24-14-4-3-5-15-24/h6-13H,2-5,14-16H2,1H3,(H2,22,23,25). The summed E-state index contributed by atoms with van der Waals surface area (Å²) in [4.78, 5) is 14.4. The van der Waals surface area contributed by atoms with Crippen LogP contribution in [-0.2, 0) is 0 Å². The van der Waals surface area contributed by atoms with E-state index in [-0.39, 0.29) is 12.8 Å². The van der Waals surface area contributed by atoms with Crippen LogP contribution in [0.15, 0.2) is 48.5 Å². The van der Waals surface area contributed by atoms with E-state index in [0.29, 0.717) is 12.4 Å². The number of rotatable bonds is 7. The van der Waals surface area contributed by atoms with Gasteiger partial charge in [-0.25, -0.2) is 4.79 Å². The number of nitrogens with zero attached hydrogens (tertiary/aromatic N) is 1. The van der Waals surface area contributed by atoms with Gasteiger partial charge in [0.05, 0.1) is 6.61 Å². The molecule has 0 aliphatic carbocycles. The summed E-state index contributed by atoms with van der Waals surface area (Å²) < 4.78 is 10.9. The van der Waals surface area contributed by atoms with Crippen LogP contribution in [0.1, 0.15) is 26.2 Å². The molecule has 2 aromatic carbocycles. The molecular weight excluding hydrogens is 342 g/mol. The summed E-state index contributed by atoms with van der Waals surface area (Å²) in [6.45, 7) is 4.87. The van der Waals surface area contributed by atoms with Crippen LogP contribution in [0.4, 0.5) is 16.2 Å². The second-order valence-electron chi connectivity index (χ2n) is 6.42. The zero-order chi connectivity index (χ0) is 18.9. The summed E-state index contributed by atoms with van der Waals surface area (Å²) in [7, 11) is 0. The Bertz CT molecular complexity index is 710. The molecule has 0 unspecified atom stereocenters. The number of ether oxygens (including phenoxy) is 2. The molecule has 0 radical (unpaired) electrons. The normalized spacial score (nSPS) is 13.7. The van der Waals surface area contributed by atoms with Crippen molar-refractivity contribution in [3.05, 3.63) is 48.5 Å². The minimum Gasteiger partial charge on any atom is -0.494 e. The van der Waals surface area contributed by atoms with Gasteiger partial charge >= 0.3 is 6.03 Å². The summed E-state index contributed by atoms with van der Waals surface area (Å²) in [5, 5.41) is 5.50. The quantitative estimate of drug-likeness (QED) is 0.717. The molecule has 1 heterocycles. The SMILES string of the molecule is CCOc1ccc(OCNC(=O)Nc2ccc(N3CCCCC3)cc2)cc1. The van der Waals surface area contributed by atoms with Crippen molar-refractivity contribution in [3.8, 4) is 11.5 Å². The first-order valence-electron chi connectivity index (χ1n) is 9.50. The smallest absolute Gasteiger partial charge is 0.321 e. The highest BCUT2D eigenvalue weighted by atomic mass is 16.5. The number of nitrogens with one attached hydrogen (secondary N) is 2. The average molecular weight is 369 g/mol. The predicted octanol–water partition coefficient (Wildman–Crippen LogP) is 4.23. The summed E-state index contributed by atoms with van der Waals surface area (Å²) >= 11 is 0. The third kappa shape index (κ3) is 5.81. The molecule has 1 saturated heterocycles. The second kappa shape index (κ2) is 9.71. The lowest BCUT2D eigenvalue weighted by Gasteiger charge is -2.28. The predicted molar refractivity (Wildman–Crippen MR) is 108 cm³/mol. The van der Waals surface area contributed by atoms with Crippen molar-refractivity contribution in [2.45, 2.75) is 26.2 Å². The molecule has 1 aliphatic rings. The minimum absolute atomic E-state index is 0.0890. The first kappa shape index (κ1) is 18.9.